The summed E-state index contributed by atoms with van der Waals surface area (Å²) >= 11 is 0. The fourth-order valence-corrected chi connectivity index (χ4v) is 2.26. The molecule has 1 atom stereocenters. The van der Waals surface area contributed by atoms with Gasteiger partial charge < -0.3 is 15.6 Å². The number of methoxy groups -OCH3 is 1. The summed E-state index contributed by atoms with van der Waals surface area (Å²) < 4.78 is 44.7. The van der Waals surface area contributed by atoms with Crippen molar-refractivity contribution in [3.05, 3.63) is 56.5 Å². The third kappa shape index (κ3) is 3.06. The number of aromatic amines is 1. The minimum atomic E-state index is -5.64. The van der Waals surface area contributed by atoms with Crippen molar-refractivity contribution in [2.45, 2.75) is 18.3 Å². The van der Waals surface area contributed by atoms with Gasteiger partial charge in [0.2, 0.25) is 0 Å². The van der Waals surface area contributed by atoms with E-state index in [1.807, 2.05) is 0 Å². The lowest BCUT2D eigenvalue weighted by molar-refractivity contribution is -0.267. The van der Waals surface area contributed by atoms with Gasteiger partial charge in [0.1, 0.15) is 11.4 Å². The lowest BCUT2D eigenvalue weighted by atomic mass is 9.94. The summed E-state index contributed by atoms with van der Waals surface area (Å²) in [6.07, 6.45) is -4.28. The zero-order valence-electron chi connectivity index (χ0n) is 13.2. The molecule has 0 aromatic carbocycles. The van der Waals surface area contributed by atoms with Crippen LogP contribution >= 0.6 is 0 Å². The van der Waals surface area contributed by atoms with Gasteiger partial charge in [0.25, 0.3) is 11.2 Å². The van der Waals surface area contributed by atoms with E-state index in [0.717, 1.165) is 0 Å². The second-order valence-electron chi connectivity index (χ2n) is 5.13. The highest BCUT2D eigenvalue weighted by atomic mass is 19.4. The van der Waals surface area contributed by atoms with Crippen LogP contribution in [-0.2, 0) is 21.7 Å². The molecule has 26 heavy (non-hydrogen) atoms. The van der Waals surface area contributed by atoms with Crippen LogP contribution in [0.15, 0.2) is 34.0 Å². The largest absolute Gasteiger partial charge is 0.466 e. The summed E-state index contributed by atoms with van der Waals surface area (Å²) in [6, 6.07) is 4.57. The Kier molecular flexibility index (Phi) is 4.89. The van der Waals surface area contributed by atoms with Crippen molar-refractivity contribution in [1.82, 2.24) is 14.5 Å². The Morgan fingerprint density at radius 3 is 2.54 bits per heavy atom. The Bertz CT molecular complexity index is 938. The van der Waals surface area contributed by atoms with Crippen LogP contribution < -0.4 is 17.0 Å². The zero-order valence-corrected chi connectivity index (χ0v) is 13.2. The van der Waals surface area contributed by atoms with Crippen molar-refractivity contribution in [3.63, 3.8) is 0 Å². The first kappa shape index (κ1) is 19.2. The van der Waals surface area contributed by atoms with Crippen molar-refractivity contribution >= 4 is 11.8 Å². The van der Waals surface area contributed by atoms with Crippen LogP contribution in [0, 0.1) is 0 Å². The van der Waals surface area contributed by atoms with E-state index in [-0.39, 0.29) is 5.69 Å². The van der Waals surface area contributed by atoms with E-state index >= 15 is 0 Å². The monoisotopic (exact) mass is 374 g/mol. The molecule has 0 aliphatic carbocycles. The number of hydrogen-bond donors (Lipinski definition) is 3. The second kappa shape index (κ2) is 6.63. The smallest absolute Gasteiger partial charge is 0.432 e. The molecule has 0 aliphatic heterocycles. The number of nitrogens with two attached hydrogens (primary N) is 1. The summed E-state index contributed by atoms with van der Waals surface area (Å²) in [5.41, 5.74) is -2.95. The van der Waals surface area contributed by atoms with Crippen LogP contribution in [-0.4, -0.2) is 38.9 Å². The van der Waals surface area contributed by atoms with Gasteiger partial charge in [-0.25, -0.2) is 9.59 Å². The molecule has 4 N–H and O–H groups in total. The zero-order chi connectivity index (χ0) is 19.7. The molecule has 0 saturated carbocycles. The topological polar surface area (TPSA) is 140 Å². The van der Waals surface area contributed by atoms with Gasteiger partial charge in [-0.3, -0.25) is 19.3 Å². The first-order valence-electron chi connectivity index (χ1n) is 6.94. The van der Waals surface area contributed by atoms with E-state index in [2.05, 4.69) is 9.72 Å². The number of nitrogens with one attached hydrogen (secondary N) is 1. The van der Waals surface area contributed by atoms with Crippen LogP contribution in [0.3, 0.4) is 0 Å². The number of carbonyl (C=O) groups excluding carboxylic acids is 1. The summed E-state index contributed by atoms with van der Waals surface area (Å²) in [7, 11) is 0.591. The number of H-pyrrole nitrogens is 1. The number of carbonyl (C=O) groups is 1. The van der Waals surface area contributed by atoms with Gasteiger partial charge in [0.05, 0.1) is 19.3 Å². The molecular weight excluding hydrogens is 361 g/mol. The number of aliphatic hydroxyl groups is 1. The Balaban J connectivity index is 2.77. The molecule has 0 fully saturated rings. The number of nitrogen functional groups attached to an aromatic ring is 1. The van der Waals surface area contributed by atoms with Gasteiger partial charge >= 0.3 is 17.8 Å². The average molecular weight is 374 g/mol. The quantitative estimate of drug-likeness (QED) is 0.612. The van der Waals surface area contributed by atoms with Crippen molar-refractivity contribution in [2.24, 2.45) is 0 Å². The molecule has 12 heteroatoms. The highest BCUT2D eigenvalue weighted by Crippen LogP contribution is 2.40. The highest BCUT2D eigenvalue weighted by molar-refractivity contribution is 5.83. The summed E-state index contributed by atoms with van der Waals surface area (Å²) in [5, 5.41) is 10.0. The standard InChI is InChI=1S/C14H13F3N4O5/c1-26-11(23)13(25,14(15,16)17)8-9(18)21(12(24)20-10(8)22)6-7-4-2-3-5-19-7/h2-5,25H,6,18H2,1H3,(H,20,22,24). The number of pyridine rings is 1. The van der Waals surface area contributed by atoms with E-state index in [1.165, 1.54) is 12.3 Å². The third-order valence-electron chi connectivity index (χ3n) is 3.54. The molecule has 140 valence electrons. The Labute approximate surface area is 142 Å². The SMILES string of the molecule is COC(=O)C(O)(c1c(N)n(Cc2ccccn2)c(=O)[nH]c1=O)C(F)(F)F. The number of aromatic nitrogens is 3. The van der Waals surface area contributed by atoms with Gasteiger partial charge in [0.15, 0.2) is 0 Å². The maximum Gasteiger partial charge on any atom is 0.432 e. The van der Waals surface area contributed by atoms with E-state index in [4.69, 9.17) is 5.73 Å². The Morgan fingerprint density at radius 2 is 2.04 bits per heavy atom. The molecule has 0 radical (unpaired) electrons. The maximum atomic E-state index is 13.4. The molecule has 0 aliphatic rings. The fourth-order valence-electron chi connectivity index (χ4n) is 2.26. The Hall–Kier alpha value is -3.15. The molecule has 0 bridgehead atoms. The van der Waals surface area contributed by atoms with Crippen molar-refractivity contribution in [3.8, 4) is 0 Å². The molecule has 1 unspecified atom stereocenters. The minimum absolute atomic E-state index is 0.230. The molecule has 2 rings (SSSR count). The molecule has 9 nitrogen and oxygen atoms in total. The molecule has 0 saturated heterocycles. The van der Waals surface area contributed by atoms with Gasteiger partial charge in [-0.15, -0.1) is 0 Å². The fraction of sp³-hybridized carbons (Fsp3) is 0.286. The summed E-state index contributed by atoms with van der Waals surface area (Å²) in [6.45, 7) is -0.412. The maximum absolute atomic E-state index is 13.4. The van der Waals surface area contributed by atoms with E-state index in [9.17, 15) is 32.7 Å². The number of halogens is 3. The van der Waals surface area contributed by atoms with Crippen LogP contribution in [0.1, 0.15) is 11.3 Å². The number of anilines is 1. The molecule has 0 spiro atoms. The van der Waals surface area contributed by atoms with Crippen LogP contribution in [0.4, 0.5) is 19.0 Å². The van der Waals surface area contributed by atoms with Crippen molar-refractivity contribution in [1.29, 1.82) is 0 Å². The summed E-state index contributed by atoms with van der Waals surface area (Å²) in [5.74, 6) is -3.22. The number of nitrogens with zero attached hydrogens (tertiary/aromatic N) is 2. The van der Waals surface area contributed by atoms with Crippen LogP contribution in [0.2, 0.25) is 0 Å². The lowest BCUT2D eigenvalue weighted by Crippen LogP contribution is -2.54. The van der Waals surface area contributed by atoms with Crippen molar-refractivity contribution < 1.29 is 27.8 Å². The number of rotatable bonds is 4. The predicted octanol–water partition coefficient (Wildman–Crippen LogP) is -0.515. The average Bonchev–Trinajstić information content (AvgIpc) is 2.57. The number of hydrogen-bond acceptors (Lipinski definition) is 7. The molecular formula is C14H13F3N4O5. The number of esters is 1. The normalized spacial score (nSPS) is 13.9. The lowest BCUT2D eigenvalue weighted by Gasteiger charge is -2.28. The first-order valence-corrected chi connectivity index (χ1v) is 6.94. The third-order valence-corrected chi connectivity index (χ3v) is 3.54. The first-order chi connectivity index (χ1) is 12.0. The van der Waals surface area contributed by atoms with Gasteiger partial charge in [0, 0.05) is 6.20 Å². The van der Waals surface area contributed by atoms with E-state index in [0.29, 0.717) is 11.7 Å². The van der Waals surface area contributed by atoms with E-state index < -0.39 is 46.9 Å². The molecule has 0 amide bonds. The van der Waals surface area contributed by atoms with Crippen LogP contribution in [0.25, 0.3) is 0 Å². The van der Waals surface area contributed by atoms with Crippen LogP contribution in [0.5, 0.6) is 0 Å². The van der Waals surface area contributed by atoms with Gasteiger partial charge in [-0.2, -0.15) is 13.2 Å². The molecule has 2 aromatic heterocycles. The van der Waals surface area contributed by atoms with Gasteiger partial charge in [-0.1, -0.05) is 6.07 Å². The minimum Gasteiger partial charge on any atom is -0.466 e. The molecule has 2 aromatic rings. The number of ether oxygens (including phenoxy) is 1. The summed E-state index contributed by atoms with van der Waals surface area (Å²) in [4.78, 5) is 41.0. The van der Waals surface area contributed by atoms with Gasteiger partial charge in [-0.05, 0) is 12.1 Å². The Morgan fingerprint density at radius 1 is 1.38 bits per heavy atom. The predicted molar refractivity (Wildman–Crippen MR) is 81.0 cm³/mol. The number of alkyl halides is 3. The highest BCUT2D eigenvalue weighted by Gasteiger charge is 2.64. The second-order valence-corrected chi connectivity index (χ2v) is 5.13. The molecule has 2 heterocycles. The van der Waals surface area contributed by atoms with Crippen molar-refractivity contribution in [2.75, 3.05) is 12.8 Å². The van der Waals surface area contributed by atoms with E-state index in [1.54, 1.807) is 17.1 Å².